The van der Waals surface area contributed by atoms with Gasteiger partial charge in [-0.05, 0) is 31.4 Å². The fourth-order valence-corrected chi connectivity index (χ4v) is 2.71. The van der Waals surface area contributed by atoms with Gasteiger partial charge in [0.1, 0.15) is 6.54 Å². The van der Waals surface area contributed by atoms with E-state index in [2.05, 4.69) is 15.6 Å². The second kappa shape index (κ2) is 6.20. The fourth-order valence-electron chi connectivity index (χ4n) is 2.71. The summed E-state index contributed by atoms with van der Waals surface area (Å²) < 4.78 is 1.42. The van der Waals surface area contributed by atoms with E-state index < -0.39 is 5.97 Å². The number of amides is 1. The number of rotatable bonds is 5. The van der Waals surface area contributed by atoms with E-state index in [-0.39, 0.29) is 24.1 Å². The van der Waals surface area contributed by atoms with Gasteiger partial charge in [0.05, 0.1) is 5.69 Å². The number of hydrogen-bond acceptors (Lipinski definition) is 4. The van der Waals surface area contributed by atoms with Crippen LogP contribution in [0.3, 0.4) is 0 Å². The highest BCUT2D eigenvalue weighted by molar-refractivity contribution is 5.91. The van der Waals surface area contributed by atoms with Crippen molar-refractivity contribution < 1.29 is 14.7 Å². The van der Waals surface area contributed by atoms with E-state index in [0.717, 1.165) is 30.5 Å². The van der Waals surface area contributed by atoms with Crippen molar-refractivity contribution in [2.75, 3.05) is 5.32 Å². The zero-order valence-corrected chi connectivity index (χ0v) is 12.8. The lowest BCUT2D eigenvalue weighted by Crippen LogP contribution is -2.24. The second-order valence-electron chi connectivity index (χ2n) is 5.78. The molecule has 1 fully saturated rings. The van der Waals surface area contributed by atoms with E-state index in [1.54, 1.807) is 0 Å². The molecule has 0 bridgehead atoms. The lowest BCUT2D eigenvalue weighted by Gasteiger charge is -2.26. The van der Waals surface area contributed by atoms with Gasteiger partial charge in [-0.1, -0.05) is 29.8 Å². The molecule has 0 radical (unpaired) electrons. The maximum absolute atomic E-state index is 12.2. The van der Waals surface area contributed by atoms with Crippen LogP contribution in [0.25, 0.3) is 0 Å². The zero-order chi connectivity index (χ0) is 16.4. The maximum atomic E-state index is 12.2. The number of carboxylic acids is 1. The van der Waals surface area contributed by atoms with Crippen molar-refractivity contribution in [3.05, 3.63) is 41.2 Å². The number of carbonyl (C=O) groups is 2. The Morgan fingerprint density at radius 3 is 2.70 bits per heavy atom. The Labute approximate surface area is 133 Å². The molecule has 1 aliphatic carbocycles. The molecule has 1 aromatic heterocycles. The Bertz CT molecular complexity index is 750. The van der Waals surface area contributed by atoms with E-state index in [4.69, 9.17) is 0 Å². The molecule has 1 saturated carbocycles. The monoisotopic (exact) mass is 314 g/mol. The van der Waals surface area contributed by atoms with E-state index >= 15 is 0 Å². The van der Waals surface area contributed by atoms with Crippen LogP contribution in [0.4, 0.5) is 5.69 Å². The van der Waals surface area contributed by atoms with Gasteiger partial charge in [-0.25, -0.2) is 9.48 Å². The highest BCUT2D eigenvalue weighted by Crippen LogP contribution is 2.37. The molecule has 1 aromatic carbocycles. The molecule has 1 amide bonds. The smallest absolute Gasteiger partial charge is 0.358 e. The Morgan fingerprint density at radius 2 is 2.09 bits per heavy atom. The number of aromatic nitrogens is 3. The van der Waals surface area contributed by atoms with Crippen LogP contribution < -0.4 is 5.32 Å². The van der Waals surface area contributed by atoms with Gasteiger partial charge in [-0.3, -0.25) is 4.79 Å². The highest BCUT2D eigenvalue weighted by Gasteiger charge is 2.31. The average molecular weight is 314 g/mol. The Kier molecular flexibility index (Phi) is 4.10. The normalized spacial score (nSPS) is 14.3. The van der Waals surface area contributed by atoms with Crippen molar-refractivity contribution in [1.29, 1.82) is 0 Å². The minimum atomic E-state index is -1.10. The van der Waals surface area contributed by atoms with Crippen molar-refractivity contribution in [2.45, 2.75) is 38.6 Å². The van der Waals surface area contributed by atoms with Crippen LogP contribution >= 0.6 is 0 Å². The van der Waals surface area contributed by atoms with Crippen LogP contribution in [0, 0.1) is 6.92 Å². The fraction of sp³-hybridized carbons (Fsp3) is 0.375. The van der Waals surface area contributed by atoms with Crippen LogP contribution in [-0.4, -0.2) is 32.0 Å². The minimum Gasteiger partial charge on any atom is -0.476 e. The molecule has 120 valence electrons. The first-order valence-corrected chi connectivity index (χ1v) is 7.58. The standard InChI is InChI=1S/C16H18N4O3/c1-10-5-2-3-8-12(10)17-13(21)9-20-15(11-6-4-7-11)14(16(22)23)18-19-20/h2-3,5,8,11H,4,6-7,9H2,1H3,(H,17,21)(H,22,23). The molecule has 7 heteroatoms. The number of carbonyl (C=O) groups excluding carboxylic acids is 1. The summed E-state index contributed by atoms with van der Waals surface area (Å²) in [5.74, 6) is -1.22. The number of aromatic carboxylic acids is 1. The molecular weight excluding hydrogens is 296 g/mol. The molecule has 23 heavy (non-hydrogen) atoms. The van der Waals surface area contributed by atoms with Gasteiger partial charge in [-0.15, -0.1) is 5.10 Å². The summed E-state index contributed by atoms with van der Waals surface area (Å²) >= 11 is 0. The Morgan fingerprint density at radius 1 is 1.35 bits per heavy atom. The molecule has 1 heterocycles. The number of anilines is 1. The predicted molar refractivity (Wildman–Crippen MR) is 83.4 cm³/mol. The van der Waals surface area contributed by atoms with Gasteiger partial charge >= 0.3 is 5.97 Å². The number of nitrogens with one attached hydrogen (secondary N) is 1. The number of hydrogen-bond donors (Lipinski definition) is 2. The molecule has 3 rings (SSSR count). The summed E-state index contributed by atoms with van der Waals surface area (Å²) in [4.78, 5) is 23.5. The molecule has 0 aliphatic heterocycles. The van der Waals surface area contributed by atoms with Crippen LogP contribution in [0.2, 0.25) is 0 Å². The third-order valence-electron chi connectivity index (χ3n) is 4.18. The average Bonchev–Trinajstić information content (AvgIpc) is 2.83. The molecule has 2 N–H and O–H groups in total. The molecule has 2 aromatic rings. The summed E-state index contributed by atoms with van der Waals surface area (Å²) in [5, 5.41) is 19.7. The number of para-hydroxylation sites is 1. The lowest BCUT2D eigenvalue weighted by atomic mass is 9.82. The summed E-state index contributed by atoms with van der Waals surface area (Å²) in [5.41, 5.74) is 2.22. The largest absolute Gasteiger partial charge is 0.476 e. The van der Waals surface area contributed by atoms with E-state index in [9.17, 15) is 14.7 Å². The number of benzene rings is 1. The molecule has 0 saturated heterocycles. The van der Waals surface area contributed by atoms with Crippen LogP contribution in [-0.2, 0) is 11.3 Å². The molecule has 0 spiro atoms. The molecule has 0 unspecified atom stereocenters. The van der Waals surface area contributed by atoms with Gasteiger partial charge in [0.2, 0.25) is 5.91 Å². The van der Waals surface area contributed by atoms with Gasteiger partial charge < -0.3 is 10.4 Å². The molecule has 1 aliphatic rings. The van der Waals surface area contributed by atoms with Crippen LogP contribution in [0.1, 0.15) is 46.9 Å². The van der Waals surface area contributed by atoms with E-state index in [0.29, 0.717) is 5.69 Å². The van der Waals surface area contributed by atoms with Crippen LogP contribution in [0.15, 0.2) is 24.3 Å². The van der Waals surface area contributed by atoms with Crippen molar-refractivity contribution in [2.24, 2.45) is 0 Å². The van der Waals surface area contributed by atoms with Crippen molar-refractivity contribution in [3.63, 3.8) is 0 Å². The molecule has 7 nitrogen and oxygen atoms in total. The maximum Gasteiger partial charge on any atom is 0.358 e. The summed E-state index contributed by atoms with van der Waals surface area (Å²) in [6.07, 6.45) is 2.88. The van der Waals surface area contributed by atoms with Crippen LogP contribution in [0.5, 0.6) is 0 Å². The summed E-state index contributed by atoms with van der Waals surface area (Å²) in [6, 6.07) is 7.48. The van der Waals surface area contributed by atoms with Gasteiger partial charge in [0.15, 0.2) is 5.69 Å². The van der Waals surface area contributed by atoms with E-state index in [1.807, 2.05) is 31.2 Å². The van der Waals surface area contributed by atoms with Gasteiger partial charge in [0.25, 0.3) is 0 Å². The quantitative estimate of drug-likeness (QED) is 0.881. The van der Waals surface area contributed by atoms with Crippen molar-refractivity contribution >= 4 is 17.6 Å². The zero-order valence-electron chi connectivity index (χ0n) is 12.8. The van der Waals surface area contributed by atoms with Gasteiger partial charge in [0, 0.05) is 11.6 Å². The summed E-state index contributed by atoms with van der Waals surface area (Å²) in [7, 11) is 0. The SMILES string of the molecule is Cc1ccccc1NC(=O)Cn1nnc(C(=O)O)c1C1CCC1. The van der Waals surface area contributed by atoms with Gasteiger partial charge in [-0.2, -0.15) is 0 Å². The first kappa shape index (κ1) is 15.2. The minimum absolute atomic E-state index is 0.0412. The van der Waals surface area contributed by atoms with E-state index in [1.165, 1.54) is 4.68 Å². The number of nitrogens with zero attached hydrogens (tertiary/aromatic N) is 3. The first-order chi connectivity index (χ1) is 11.1. The summed E-state index contributed by atoms with van der Waals surface area (Å²) in [6.45, 7) is 1.87. The second-order valence-corrected chi connectivity index (χ2v) is 5.78. The Hall–Kier alpha value is -2.70. The number of aryl methyl sites for hydroxylation is 1. The molecular formula is C16H18N4O3. The number of carboxylic acid groups (broad SMARTS) is 1. The first-order valence-electron chi connectivity index (χ1n) is 7.58. The highest BCUT2D eigenvalue weighted by atomic mass is 16.4. The topological polar surface area (TPSA) is 97.1 Å². The third kappa shape index (κ3) is 3.08. The predicted octanol–water partition coefficient (Wildman–Crippen LogP) is 2.19. The van der Waals surface area contributed by atoms with Crippen molar-refractivity contribution in [3.8, 4) is 0 Å². The Balaban J connectivity index is 1.78. The third-order valence-corrected chi connectivity index (χ3v) is 4.18. The molecule has 0 atom stereocenters. The van der Waals surface area contributed by atoms with Crippen molar-refractivity contribution in [1.82, 2.24) is 15.0 Å². The lowest BCUT2D eigenvalue weighted by molar-refractivity contribution is -0.117.